The zero-order valence-corrected chi connectivity index (χ0v) is 19.1. The Kier molecular flexibility index (Phi) is 5.07. The average molecular weight is 398 g/mol. The van der Waals surface area contributed by atoms with E-state index >= 15 is 0 Å². The molecule has 2 aromatic rings. The molecule has 2 aromatic carbocycles. The van der Waals surface area contributed by atoms with Gasteiger partial charge in [0.1, 0.15) is 5.82 Å². The van der Waals surface area contributed by atoms with E-state index in [9.17, 15) is 0 Å². The van der Waals surface area contributed by atoms with Crippen LogP contribution in [0.4, 0.5) is 11.4 Å². The van der Waals surface area contributed by atoms with E-state index in [2.05, 4.69) is 125 Å². The van der Waals surface area contributed by atoms with Gasteiger partial charge in [0.25, 0.3) is 0 Å². The molecule has 2 aliphatic heterocycles. The van der Waals surface area contributed by atoms with Crippen molar-refractivity contribution in [3.05, 3.63) is 106 Å². The molecule has 0 aromatic heterocycles. The van der Waals surface area contributed by atoms with E-state index in [1.165, 1.54) is 56.1 Å². The van der Waals surface area contributed by atoms with Gasteiger partial charge < -0.3 is 14.7 Å². The number of allylic oxidation sites excluding steroid dienone is 3. The fourth-order valence-electron chi connectivity index (χ4n) is 4.78. The van der Waals surface area contributed by atoms with E-state index in [-0.39, 0.29) is 0 Å². The summed E-state index contributed by atoms with van der Waals surface area (Å²) in [6, 6.07) is 9.07. The quantitative estimate of drug-likeness (QED) is 0.571. The first kappa shape index (κ1) is 20.1. The third kappa shape index (κ3) is 3.45. The van der Waals surface area contributed by atoms with Crippen LogP contribution < -0.4 is 9.80 Å². The average Bonchev–Trinajstić information content (AvgIpc) is 3.05. The molecule has 0 aliphatic carbocycles. The lowest BCUT2D eigenvalue weighted by atomic mass is 10.0. The molecule has 154 valence electrons. The Morgan fingerprint density at radius 2 is 0.900 bits per heavy atom. The zero-order valence-electron chi connectivity index (χ0n) is 19.1. The van der Waals surface area contributed by atoms with Gasteiger partial charge in [-0.3, -0.25) is 0 Å². The Morgan fingerprint density at radius 3 is 1.27 bits per heavy atom. The molecule has 0 bridgehead atoms. The first-order valence-electron chi connectivity index (χ1n) is 10.5. The van der Waals surface area contributed by atoms with Crippen molar-refractivity contribution in [1.29, 1.82) is 0 Å². The summed E-state index contributed by atoms with van der Waals surface area (Å²) in [6.45, 7) is 13.1. The van der Waals surface area contributed by atoms with Crippen molar-refractivity contribution in [3.8, 4) is 0 Å². The molecule has 4 rings (SSSR count). The predicted molar refractivity (Wildman–Crippen MR) is 128 cm³/mol. The molecule has 0 N–H and O–H groups in total. The highest BCUT2D eigenvalue weighted by Crippen LogP contribution is 2.40. The third-order valence-electron chi connectivity index (χ3n) is 5.81. The summed E-state index contributed by atoms with van der Waals surface area (Å²) in [7, 11) is 2.05. The van der Waals surface area contributed by atoms with Crippen molar-refractivity contribution in [2.75, 3.05) is 16.8 Å². The normalized spacial score (nSPS) is 15.8. The van der Waals surface area contributed by atoms with Crippen molar-refractivity contribution < 1.29 is 0 Å². The van der Waals surface area contributed by atoms with Crippen LogP contribution in [-0.2, 0) is 0 Å². The Balaban J connectivity index is 1.93. The van der Waals surface area contributed by atoms with Gasteiger partial charge in [0.05, 0.1) is 11.4 Å². The minimum Gasteiger partial charge on any atom is -0.357 e. The Hall–Kier alpha value is -3.20. The van der Waals surface area contributed by atoms with E-state index < -0.39 is 0 Å². The summed E-state index contributed by atoms with van der Waals surface area (Å²) in [5, 5.41) is 0. The molecule has 0 saturated heterocycles. The number of anilines is 2. The molecule has 0 radical (unpaired) electrons. The summed E-state index contributed by atoms with van der Waals surface area (Å²) >= 11 is 0. The summed E-state index contributed by atoms with van der Waals surface area (Å²) in [5.74, 6) is 1.17. The second-order valence-corrected chi connectivity index (χ2v) is 8.61. The molecule has 3 nitrogen and oxygen atoms in total. The monoisotopic (exact) mass is 397 g/mol. The van der Waals surface area contributed by atoms with E-state index in [0.717, 1.165) is 0 Å². The minimum atomic E-state index is 1.17. The largest absolute Gasteiger partial charge is 0.357 e. The maximum atomic E-state index is 2.35. The number of benzene rings is 2. The van der Waals surface area contributed by atoms with Crippen molar-refractivity contribution in [2.45, 2.75) is 41.5 Å². The van der Waals surface area contributed by atoms with E-state index in [1.54, 1.807) is 0 Å². The molecule has 0 amide bonds. The fourth-order valence-corrected chi connectivity index (χ4v) is 4.78. The van der Waals surface area contributed by atoms with Crippen LogP contribution in [0.1, 0.15) is 33.4 Å². The van der Waals surface area contributed by atoms with Crippen LogP contribution in [-0.4, -0.2) is 11.9 Å². The first-order chi connectivity index (χ1) is 14.3. The predicted octanol–water partition coefficient (Wildman–Crippen LogP) is 6.52. The first-order valence-corrected chi connectivity index (χ1v) is 10.5. The maximum absolute atomic E-state index is 2.35. The molecule has 30 heavy (non-hydrogen) atoms. The summed E-state index contributed by atoms with van der Waals surface area (Å²) in [4.78, 5) is 6.77. The lowest BCUT2D eigenvalue weighted by Gasteiger charge is -2.31. The number of rotatable bonds is 2. The lowest BCUT2D eigenvalue weighted by Crippen LogP contribution is -2.26. The van der Waals surface area contributed by atoms with Crippen LogP contribution in [0.15, 0.2) is 72.6 Å². The molecule has 0 atom stereocenters. The van der Waals surface area contributed by atoms with Crippen LogP contribution >= 0.6 is 0 Å². The van der Waals surface area contributed by atoms with Crippen LogP contribution in [0.5, 0.6) is 0 Å². The van der Waals surface area contributed by atoms with Gasteiger partial charge in [-0.1, -0.05) is 35.4 Å². The van der Waals surface area contributed by atoms with Crippen LogP contribution in [0.2, 0.25) is 0 Å². The lowest BCUT2D eigenvalue weighted by molar-refractivity contribution is 0.619. The Bertz CT molecular complexity index is 999. The van der Waals surface area contributed by atoms with E-state index in [1.807, 2.05) is 0 Å². The minimum absolute atomic E-state index is 1.17. The third-order valence-corrected chi connectivity index (χ3v) is 5.81. The SMILES string of the molecule is Cc1cc(C)c(N2C=CN(c3c(C)cc(C)cc3C)C2=C2C=CN(C)C=C2)c(C)c1. The maximum Gasteiger partial charge on any atom is 0.129 e. The molecule has 0 unspecified atom stereocenters. The van der Waals surface area contributed by atoms with Crippen LogP contribution in [0.25, 0.3) is 0 Å². The molecule has 0 fully saturated rings. The number of hydrogen-bond acceptors (Lipinski definition) is 3. The van der Waals surface area contributed by atoms with Gasteiger partial charge >= 0.3 is 0 Å². The topological polar surface area (TPSA) is 9.72 Å². The number of hydrogen-bond donors (Lipinski definition) is 0. The van der Waals surface area contributed by atoms with Crippen molar-refractivity contribution in [2.24, 2.45) is 0 Å². The molecule has 3 heteroatoms. The molecule has 0 saturated carbocycles. The second kappa shape index (κ2) is 7.56. The number of nitrogens with zero attached hydrogens (tertiary/aromatic N) is 3. The molecular weight excluding hydrogens is 366 g/mol. The van der Waals surface area contributed by atoms with Gasteiger partial charge in [-0.05, 0) is 75.9 Å². The van der Waals surface area contributed by atoms with Gasteiger partial charge in [-0.2, -0.15) is 0 Å². The van der Waals surface area contributed by atoms with Gasteiger partial charge in [-0.15, -0.1) is 0 Å². The molecule has 2 aliphatic rings. The van der Waals surface area contributed by atoms with Gasteiger partial charge in [0, 0.05) is 37.4 Å². The standard InChI is InChI=1S/C27H31N3/c1-18-14-20(3)25(21(4)15-18)29-12-13-30(26-22(5)16-19(2)17-23(26)6)27(29)24-8-10-28(7)11-9-24/h8-17H,1-7H3. The fraction of sp³-hybridized carbons (Fsp3) is 0.259. The summed E-state index contributed by atoms with van der Waals surface area (Å²) in [5.41, 5.74) is 11.4. The van der Waals surface area contributed by atoms with Crippen LogP contribution in [0, 0.1) is 41.5 Å². The smallest absolute Gasteiger partial charge is 0.129 e. The molecular formula is C27H31N3. The Morgan fingerprint density at radius 1 is 0.533 bits per heavy atom. The Labute approximate surface area is 180 Å². The van der Waals surface area contributed by atoms with Crippen molar-refractivity contribution in [1.82, 2.24) is 4.90 Å². The van der Waals surface area contributed by atoms with E-state index in [4.69, 9.17) is 0 Å². The summed E-state index contributed by atoms with van der Waals surface area (Å²) in [6.07, 6.45) is 13.0. The van der Waals surface area contributed by atoms with E-state index in [0.29, 0.717) is 0 Å². The molecule has 2 heterocycles. The highest BCUT2D eigenvalue weighted by Gasteiger charge is 2.29. The molecule has 0 spiro atoms. The van der Waals surface area contributed by atoms with Crippen molar-refractivity contribution >= 4 is 11.4 Å². The van der Waals surface area contributed by atoms with Gasteiger partial charge in [0.2, 0.25) is 0 Å². The second-order valence-electron chi connectivity index (χ2n) is 8.61. The summed E-state index contributed by atoms with van der Waals surface area (Å²) < 4.78 is 0. The highest BCUT2D eigenvalue weighted by atomic mass is 15.4. The van der Waals surface area contributed by atoms with Gasteiger partial charge in [0.15, 0.2) is 0 Å². The van der Waals surface area contributed by atoms with Crippen LogP contribution in [0.3, 0.4) is 0 Å². The van der Waals surface area contributed by atoms with Crippen molar-refractivity contribution in [3.63, 3.8) is 0 Å². The highest BCUT2D eigenvalue weighted by molar-refractivity contribution is 5.77. The number of aryl methyl sites for hydroxylation is 6. The zero-order chi connectivity index (χ0) is 21.6. The van der Waals surface area contributed by atoms with Gasteiger partial charge in [-0.25, -0.2) is 0 Å².